The summed E-state index contributed by atoms with van der Waals surface area (Å²) in [5.41, 5.74) is 0.601. The molecule has 0 aliphatic heterocycles. The average molecular weight is 340 g/mol. The zero-order valence-electron chi connectivity index (χ0n) is 14.7. The molecule has 1 N–H and O–H groups in total. The predicted molar refractivity (Wildman–Crippen MR) is 95.1 cm³/mol. The third kappa shape index (κ3) is 5.46. The molecule has 0 unspecified atom stereocenters. The molecule has 0 bridgehead atoms. The predicted octanol–water partition coefficient (Wildman–Crippen LogP) is 3.08. The molecule has 1 aliphatic carbocycles. The lowest BCUT2D eigenvalue weighted by Crippen LogP contribution is -2.45. The molecular formula is C20H24N2O3. The van der Waals surface area contributed by atoms with Gasteiger partial charge in [0.05, 0.1) is 0 Å². The van der Waals surface area contributed by atoms with Gasteiger partial charge in [0.15, 0.2) is 6.61 Å². The van der Waals surface area contributed by atoms with Crippen molar-refractivity contribution in [2.75, 3.05) is 6.61 Å². The summed E-state index contributed by atoms with van der Waals surface area (Å²) in [4.78, 5) is 24.0. The molecule has 1 fully saturated rings. The van der Waals surface area contributed by atoms with Crippen molar-refractivity contribution in [2.24, 2.45) is 11.8 Å². The lowest BCUT2D eigenvalue weighted by molar-refractivity contribution is -0.144. The fourth-order valence-electron chi connectivity index (χ4n) is 3.10. The number of esters is 1. The maximum atomic E-state index is 12.0. The number of ether oxygens (including phenoxy) is 1. The SMILES string of the molecule is C[C@@H]1[C@@H](C)CCC[C@H]1NC(=O)COC(=O)/C(C#N)=C/c1ccccc1. The van der Waals surface area contributed by atoms with Crippen LogP contribution in [0.15, 0.2) is 35.9 Å². The standard InChI is InChI=1S/C20H24N2O3/c1-14-7-6-10-18(15(14)2)22-19(23)13-25-20(24)17(12-21)11-16-8-4-3-5-9-16/h3-5,8-9,11,14-15,18H,6-7,10,13H2,1-2H3,(H,22,23)/b17-11+/t14-,15+,18+/m0/s1. The van der Waals surface area contributed by atoms with E-state index in [9.17, 15) is 9.59 Å². The first-order valence-corrected chi connectivity index (χ1v) is 8.64. The van der Waals surface area contributed by atoms with Crippen molar-refractivity contribution in [3.63, 3.8) is 0 Å². The first-order valence-electron chi connectivity index (χ1n) is 8.64. The Kier molecular flexibility index (Phi) is 6.76. The van der Waals surface area contributed by atoms with Crippen molar-refractivity contribution in [1.82, 2.24) is 5.32 Å². The molecule has 132 valence electrons. The van der Waals surface area contributed by atoms with E-state index in [1.54, 1.807) is 12.1 Å². The minimum absolute atomic E-state index is 0.116. The molecule has 5 heteroatoms. The van der Waals surface area contributed by atoms with Crippen LogP contribution in [0.1, 0.15) is 38.7 Å². The van der Waals surface area contributed by atoms with E-state index in [-0.39, 0.29) is 24.1 Å². The number of rotatable bonds is 5. The Balaban J connectivity index is 1.87. The first kappa shape index (κ1) is 18.7. The van der Waals surface area contributed by atoms with E-state index in [4.69, 9.17) is 10.00 Å². The van der Waals surface area contributed by atoms with Gasteiger partial charge in [-0.2, -0.15) is 5.26 Å². The summed E-state index contributed by atoms with van der Waals surface area (Å²) in [6.45, 7) is 3.96. The Morgan fingerprint density at radius 3 is 2.68 bits per heavy atom. The normalized spacial score (nSPS) is 23.4. The summed E-state index contributed by atoms with van der Waals surface area (Å²) in [5.74, 6) is -0.135. The second kappa shape index (κ2) is 9.03. The summed E-state index contributed by atoms with van der Waals surface area (Å²) in [7, 11) is 0. The van der Waals surface area contributed by atoms with E-state index in [0.29, 0.717) is 11.8 Å². The molecule has 0 saturated heterocycles. The van der Waals surface area contributed by atoms with Crippen molar-refractivity contribution >= 4 is 18.0 Å². The Labute approximate surface area is 148 Å². The number of hydrogen-bond donors (Lipinski definition) is 1. The lowest BCUT2D eigenvalue weighted by atomic mass is 9.78. The van der Waals surface area contributed by atoms with Gasteiger partial charge in [0, 0.05) is 6.04 Å². The smallest absolute Gasteiger partial charge is 0.349 e. The molecule has 1 amide bonds. The monoisotopic (exact) mass is 340 g/mol. The van der Waals surface area contributed by atoms with Crippen LogP contribution in [-0.2, 0) is 14.3 Å². The molecule has 1 saturated carbocycles. The van der Waals surface area contributed by atoms with Gasteiger partial charge < -0.3 is 10.1 Å². The number of nitriles is 1. The van der Waals surface area contributed by atoms with E-state index in [1.165, 1.54) is 12.5 Å². The topological polar surface area (TPSA) is 79.2 Å². The number of carbonyl (C=O) groups excluding carboxylic acids is 2. The van der Waals surface area contributed by atoms with Crippen molar-refractivity contribution < 1.29 is 14.3 Å². The largest absolute Gasteiger partial charge is 0.451 e. The van der Waals surface area contributed by atoms with Gasteiger partial charge in [0.1, 0.15) is 11.6 Å². The molecule has 1 aromatic rings. The van der Waals surface area contributed by atoms with Gasteiger partial charge in [0.25, 0.3) is 5.91 Å². The van der Waals surface area contributed by atoms with Crippen LogP contribution in [0.5, 0.6) is 0 Å². The summed E-state index contributed by atoms with van der Waals surface area (Å²) in [5, 5.41) is 12.1. The maximum Gasteiger partial charge on any atom is 0.349 e. The van der Waals surface area contributed by atoms with E-state index in [0.717, 1.165) is 18.4 Å². The Morgan fingerprint density at radius 2 is 2.00 bits per heavy atom. The lowest BCUT2D eigenvalue weighted by Gasteiger charge is -2.34. The quantitative estimate of drug-likeness (QED) is 0.507. The van der Waals surface area contributed by atoms with Crippen LogP contribution in [0, 0.1) is 23.2 Å². The zero-order valence-corrected chi connectivity index (χ0v) is 14.7. The van der Waals surface area contributed by atoms with Crippen LogP contribution >= 0.6 is 0 Å². The third-order valence-corrected chi connectivity index (χ3v) is 4.84. The van der Waals surface area contributed by atoms with Crippen LogP contribution in [0.2, 0.25) is 0 Å². The molecule has 2 rings (SSSR count). The molecule has 0 radical (unpaired) electrons. The first-order chi connectivity index (χ1) is 12.0. The molecule has 1 aromatic carbocycles. The Bertz CT molecular complexity index is 676. The third-order valence-electron chi connectivity index (χ3n) is 4.84. The molecule has 0 spiro atoms. The van der Waals surface area contributed by atoms with Crippen molar-refractivity contribution in [3.05, 3.63) is 41.5 Å². The van der Waals surface area contributed by atoms with Gasteiger partial charge in [-0.15, -0.1) is 0 Å². The van der Waals surface area contributed by atoms with Crippen LogP contribution in [0.25, 0.3) is 6.08 Å². The van der Waals surface area contributed by atoms with E-state index in [2.05, 4.69) is 19.2 Å². The second-order valence-electron chi connectivity index (χ2n) is 6.60. The number of hydrogen-bond acceptors (Lipinski definition) is 4. The molecule has 1 aliphatic rings. The maximum absolute atomic E-state index is 12.0. The molecular weight excluding hydrogens is 316 g/mol. The molecule has 25 heavy (non-hydrogen) atoms. The van der Waals surface area contributed by atoms with E-state index >= 15 is 0 Å². The fraction of sp³-hybridized carbons (Fsp3) is 0.450. The minimum Gasteiger partial charge on any atom is -0.451 e. The van der Waals surface area contributed by atoms with Gasteiger partial charge in [-0.3, -0.25) is 4.79 Å². The van der Waals surface area contributed by atoms with Crippen molar-refractivity contribution in [2.45, 2.75) is 39.2 Å². The highest BCUT2D eigenvalue weighted by Gasteiger charge is 2.28. The minimum atomic E-state index is -0.786. The average Bonchev–Trinajstić information content (AvgIpc) is 2.62. The fourth-order valence-corrected chi connectivity index (χ4v) is 3.10. The Morgan fingerprint density at radius 1 is 1.28 bits per heavy atom. The molecule has 0 heterocycles. The van der Waals surface area contributed by atoms with Crippen LogP contribution in [0.3, 0.4) is 0 Å². The second-order valence-corrected chi connectivity index (χ2v) is 6.60. The van der Waals surface area contributed by atoms with Gasteiger partial charge in [-0.25, -0.2) is 4.79 Å². The molecule has 3 atom stereocenters. The summed E-state index contributed by atoms with van der Waals surface area (Å²) in [6, 6.07) is 11.0. The van der Waals surface area contributed by atoms with Crippen molar-refractivity contribution in [3.8, 4) is 6.07 Å². The van der Waals surface area contributed by atoms with E-state index in [1.807, 2.05) is 24.3 Å². The van der Waals surface area contributed by atoms with Crippen molar-refractivity contribution in [1.29, 1.82) is 5.26 Å². The van der Waals surface area contributed by atoms with Gasteiger partial charge >= 0.3 is 5.97 Å². The van der Waals surface area contributed by atoms with Gasteiger partial charge in [-0.05, 0) is 29.9 Å². The molecule has 0 aromatic heterocycles. The number of benzene rings is 1. The molecule has 5 nitrogen and oxygen atoms in total. The summed E-state index contributed by atoms with van der Waals surface area (Å²) < 4.78 is 4.99. The number of nitrogens with one attached hydrogen (secondary N) is 1. The number of nitrogens with zero attached hydrogens (tertiary/aromatic N) is 1. The summed E-state index contributed by atoms with van der Waals surface area (Å²) >= 11 is 0. The van der Waals surface area contributed by atoms with Gasteiger partial charge in [-0.1, -0.05) is 57.0 Å². The number of amides is 1. The van der Waals surface area contributed by atoms with Crippen LogP contribution < -0.4 is 5.32 Å². The van der Waals surface area contributed by atoms with Gasteiger partial charge in [0.2, 0.25) is 0 Å². The van der Waals surface area contributed by atoms with E-state index < -0.39 is 5.97 Å². The highest BCUT2D eigenvalue weighted by Crippen LogP contribution is 2.29. The van der Waals surface area contributed by atoms with Crippen LogP contribution in [-0.4, -0.2) is 24.5 Å². The zero-order chi connectivity index (χ0) is 18.2. The highest BCUT2D eigenvalue weighted by atomic mass is 16.5. The highest BCUT2D eigenvalue weighted by molar-refractivity contribution is 5.98. The van der Waals surface area contributed by atoms with Crippen LogP contribution in [0.4, 0.5) is 0 Å². The number of carbonyl (C=O) groups is 2. The summed E-state index contributed by atoms with van der Waals surface area (Å²) in [6.07, 6.45) is 4.67. The Hall–Kier alpha value is -2.61.